The van der Waals surface area contributed by atoms with Crippen LogP contribution < -0.4 is 0 Å². The van der Waals surface area contributed by atoms with Crippen molar-refractivity contribution in [3.63, 3.8) is 0 Å². The Hall–Kier alpha value is -1.17. The predicted molar refractivity (Wildman–Crippen MR) is 50.6 cm³/mol. The lowest BCUT2D eigenvalue weighted by molar-refractivity contribution is 0.0541. The highest BCUT2D eigenvalue weighted by Crippen LogP contribution is 2.37. The van der Waals surface area contributed by atoms with E-state index in [9.17, 15) is 27.1 Å². The van der Waals surface area contributed by atoms with Crippen LogP contribution in [0.2, 0.25) is 0 Å². The minimum absolute atomic E-state index is 1.06. The highest BCUT2D eigenvalue weighted by atomic mass is 19.2. The zero-order valence-corrected chi connectivity index (χ0v) is 9.41. The Bertz CT molecular complexity index is 421. The van der Waals surface area contributed by atoms with Crippen molar-refractivity contribution in [2.45, 2.75) is 26.9 Å². The fourth-order valence-corrected chi connectivity index (χ4v) is 1.29. The molecule has 0 aliphatic rings. The van der Waals surface area contributed by atoms with Crippen molar-refractivity contribution < 1.29 is 27.1 Å². The van der Waals surface area contributed by atoms with E-state index in [1.165, 1.54) is 20.8 Å². The first-order valence-corrected chi connectivity index (χ1v) is 4.78. The van der Waals surface area contributed by atoms with E-state index in [1.54, 1.807) is 0 Å². The molecule has 1 aromatic carbocycles. The number of aliphatic hydroxyl groups is 1. The van der Waals surface area contributed by atoms with Crippen molar-refractivity contribution in [2.24, 2.45) is 5.41 Å². The van der Waals surface area contributed by atoms with Crippen LogP contribution in [0.25, 0.3) is 0 Å². The molecule has 0 saturated heterocycles. The summed E-state index contributed by atoms with van der Waals surface area (Å²) in [5.74, 6) is -10.3. The Morgan fingerprint density at radius 3 is 1.35 bits per heavy atom. The average Bonchev–Trinajstić information content (AvgIpc) is 2.22. The maximum Gasteiger partial charge on any atom is 0.200 e. The van der Waals surface area contributed by atoms with Gasteiger partial charge in [0.05, 0.1) is 11.7 Å². The molecule has 0 fully saturated rings. The molecule has 6 heteroatoms. The molecular formula is C11H11F5O. The van der Waals surface area contributed by atoms with Gasteiger partial charge in [0, 0.05) is 0 Å². The summed E-state index contributed by atoms with van der Waals surface area (Å²) in [5, 5.41) is 9.62. The lowest BCUT2D eigenvalue weighted by Crippen LogP contribution is -2.22. The second-order valence-corrected chi connectivity index (χ2v) is 4.75. The number of halogens is 5. The van der Waals surface area contributed by atoms with E-state index in [0.29, 0.717) is 0 Å². The lowest BCUT2D eigenvalue weighted by atomic mass is 9.84. The Balaban J connectivity index is 3.55. The van der Waals surface area contributed by atoms with Crippen molar-refractivity contribution in [3.05, 3.63) is 34.6 Å². The zero-order chi connectivity index (χ0) is 13.5. The molecule has 0 heterocycles. The summed E-state index contributed by atoms with van der Waals surface area (Å²) >= 11 is 0. The summed E-state index contributed by atoms with van der Waals surface area (Å²) in [6.45, 7) is 4.24. The Morgan fingerprint density at radius 1 is 0.765 bits per heavy atom. The quantitative estimate of drug-likeness (QED) is 0.462. The van der Waals surface area contributed by atoms with Gasteiger partial charge in [-0.25, -0.2) is 22.0 Å². The summed E-state index contributed by atoms with van der Waals surface area (Å²) in [6.07, 6.45) is -1.80. The van der Waals surface area contributed by atoms with E-state index in [4.69, 9.17) is 0 Å². The van der Waals surface area contributed by atoms with E-state index in [-0.39, 0.29) is 0 Å². The summed E-state index contributed by atoms with van der Waals surface area (Å²) in [5.41, 5.74) is -2.26. The molecule has 0 amide bonds. The molecule has 1 atom stereocenters. The largest absolute Gasteiger partial charge is 0.388 e. The molecule has 0 aliphatic heterocycles. The predicted octanol–water partition coefficient (Wildman–Crippen LogP) is 3.46. The van der Waals surface area contributed by atoms with Gasteiger partial charge in [0.1, 0.15) is 0 Å². The van der Waals surface area contributed by atoms with Crippen molar-refractivity contribution in [1.82, 2.24) is 0 Å². The molecule has 0 unspecified atom stereocenters. The summed E-state index contributed by atoms with van der Waals surface area (Å²) in [4.78, 5) is 0. The van der Waals surface area contributed by atoms with Gasteiger partial charge in [-0.2, -0.15) is 0 Å². The van der Waals surface area contributed by atoms with Gasteiger partial charge in [-0.3, -0.25) is 0 Å². The van der Waals surface area contributed by atoms with Crippen LogP contribution in [0.1, 0.15) is 32.4 Å². The van der Waals surface area contributed by atoms with Gasteiger partial charge >= 0.3 is 0 Å². The van der Waals surface area contributed by atoms with Crippen LogP contribution in [0.5, 0.6) is 0 Å². The molecule has 0 aromatic heterocycles. The zero-order valence-electron chi connectivity index (χ0n) is 9.41. The lowest BCUT2D eigenvalue weighted by Gasteiger charge is -2.27. The van der Waals surface area contributed by atoms with E-state index in [1.807, 2.05) is 0 Å². The molecule has 1 aromatic rings. The molecule has 1 nitrogen and oxygen atoms in total. The van der Waals surface area contributed by atoms with Gasteiger partial charge in [-0.1, -0.05) is 20.8 Å². The first kappa shape index (κ1) is 13.9. The molecule has 17 heavy (non-hydrogen) atoms. The van der Waals surface area contributed by atoms with Crippen molar-refractivity contribution in [1.29, 1.82) is 0 Å². The van der Waals surface area contributed by atoms with Gasteiger partial charge in [0.15, 0.2) is 23.3 Å². The first-order chi connectivity index (χ1) is 7.59. The maximum atomic E-state index is 13.3. The average molecular weight is 254 g/mol. The van der Waals surface area contributed by atoms with Gasteiger partial charge in [-0.05, 0) is 5.41 Å². The smallest absolute Gasteiger partial charge is 0.200 e. The minimum atomic E-state index is -2.23. The third-order valence-corrected chi connectivity index (χ3v) is 2.34. The maximum absolute atomic E-state index is 13.3. The molecule has 0 bridgehead atoms. The van der Waals surface area contributed by atoms with Crippen LogP contribution >= 0.6 is 0 Å². The highest BCUT2D eigenvalue weighted by molar-refractivity contribution is 5.27. The van der Waals surface area contributed by atoms with Crippen LogP contribution in [-0.4, -0.2) is 5.11 Å². The molecular weight excluding hydrogens is 243 g/mol. The second-order valence-electron chi connectivity index (χ2n) is 4.75. The van der Waals surface area contributed by atoms with Gasteiger partial charge in [0.25, 0.3) is 0 Å². The molecule has 96 valence electrons. The number of benzene rings is 1. The number of hydrogen-bond donors (Lipinski definition) is 1. The number of hydrogen-bond acceptors (Lipinski definition) is 1. The van der Waals surface area contributed by atoms with E-state index in [2.05, 4.69) is 0 Å². The van der Waals surface area contributed by atoms with Crippen molar-refractivity contribution in [3.8, 4) is 0 Å². The van der Waals surface area contributed by atoms with Gasteiger partial charge < -0.3 is 5.11 Å². The Morgan fingerprint density at radius 2 is 1.06 bits per heavy atom. The Kier molecular flexibility index (Phi) is 3.47. The van der Waals surface area contributed by atoms with Crippen LogP contribution in [0, 0.1) is 34.5 Å². The number of rotatable bonds is 1. The molecule has 0 aliphatic carbocycles. The molecule has 0 spiro atoms. The van der Waals surface area contributed by atoms with Crippen LogP contribution in [0.3, 0.4) is 0 Å². The van der Waals surface area contributed by atoms with Crippen molar-refractivity contribution in [2.75, 3.05) is 0 Å². The standard InChI is InChI=1S/C11H11F5O/c1-11(2,3)10(17)4-5(12)7(14)9(16)8(15)6(4)13/h10,17H,1-3H3/t10-/m0/s1. The van der Waals surface area contributed by atoms with Crippen LogP contribution in [0.15, 0.2) is 0 Å². The van der Waals surface area contributed by atoms with Gasteiger partial charge in [-0.15, -0.1) is 0 Å². The summed E-state index contributed by atoms with van der Waals surface area (Å²) in [6, 6.07) is 0. The van der Waals surface area contributed by atoms with E-state index in [0.717, 1.165) is 0 Å². The summed E-state index contributed by atoms with van der Waals surface area (Å²) < 4.78 is 65.1. The normalized spacial score (nSPS) is 13.9. The SMILES string of the molecule is CC(C)(C)[C@@H](O)c1c(F)c(F)c(F)c(F)c1F. The van der Waals surface area contributed by atoms with Crippen LogP contribution in [-0.2, 0) is 0 Å². The molecule has 0 saturated carbocycles. The first-order valence-electron chi connectivity index (χ1n) is 4.78. The van der Waals surface area contributed by atoms with E-state index < -0.39 is 46.2 Å². The topological polar surface area (TPSA) is 20.2 Å². The Labute approximate surface area is 94.9 Å². The van der Waals surface area contributed by atoms with Crippen molar-refractivity contribution >= 4 is 0 Å². The minimum Gasteiger partial charge on any atom is -0.388 e. The molecule has 1 N–H and O–H groups in total. The third-order valence-electron chi connectivity index (χ3n) is 2.34. The monoisotopic (exact) mass is 254 g/mol. The van der Waals surface area contributed by atoms with Crippen LogP contribution in [0.4, 0.5) is 22.0 Å². The molecule has 0 radical (unpaired) electrons. The highest BCUT2D eigenvalue weighted by Gasteiger charge is 2.34. The van der Waals surface area contributed by atoms with E-state index >= 15 is 0 Å². The third kappa shape index (κ3) is 2.26. The number of aliphatic hydroxyl groups excluding tert-OH is 1. The second kappa shape index (κ2) is 4.25. The fourth-order valence-electron chi connectivity index (χ4n) is 1.29. The molecule has 1 rings (SSSR count). The van der Waals surface area contributed by atoms with Gasteiger partial charge in [0.2, 0.25) is 5.82 Å². The summed E-state index contributed by atoms with van der Waals surface area (Å²) in [7, 11) is 0. The fraction of sp³-hybridized carbons (Fsp3) is 0.455.